The van der Waals surface area contributed by atoms with Crippen LogP contribution in [0.15, 0.2) is 36.4 Å². The van der Waals surface area contributed by atoms with E-state index in [1.165, 1.54) is 12.1 Å². The Morgan fingerprint density at radius 1 is 1.04 bits per heavy atom. The number of nitrogens with zero attached hydrogens (tertiary/aromatic N) is 1. The molecule has 2 bridgehead atoms. The van der Waals surface area contributed by atoms with Crippen LogP contribution in [-0.4, -0.2) is 30.7 Å². The van der Waals surface area contributed by atoms with Crippen LogP contribution in [0.4, 0.5) is 5.69 Å². The summed E-state index contributed by atoms with van der Waals surface area (Å²) in [7, 11) is 0. The smallest absolute Gasteiger partial charge is 0.269 e. The summed E-state index contributed by atoms with van der Waals surface area (Å²) in [6.45, 7) is 2.74. The average molecular weight is 371 g/mol. The van der Waals surface area contributed by atoms with Gasteiger partial charge in [-0.05, 0) is 36.8 Å². The van der Waals surface area contributed by atoms with Crippen molar-refractivity contribution in [2.24, 2.45) is 0 Å². The number of rotatable bonds is 2. The van der Waals surface area contributed by atoms with E-state index in [4.69, 9.17) is 23.7 Å². The summed E-state index contributed by atoms with van der Waals surface area (Å²) < 4.78 is 29.5. The van der Waals surface area contributed by atoms with E-state index >= 15 is 0 Å². The van der Waals surface area contributed by atoms with Crippen molar-refractivity contribution in [3.05, 3.63) is 63.2 Å². The third kappa shape index (κ3) is 2.48. The minimum absolute atomic E-state index is 0.00417. The van der Waals surface area contributed by atoms with Gasteiger partial charge in [-0.2, -0.15) is 0 Å². The van der Waals surface area contributed by atoms with Gasteiger partial charge in [-0.3, -0.25) is 10.1 Å². The molecule has 27 heavy (non-hydrogen) atoms. The van der Waals surface area contributed by atoms with E-state index in [-0.39, 0.29) is 12.5 Å². The van der Waals surface area contributed by atoms with Gasteiger partial charge in [-0.1, -0.05) is 0 Å². The Bertz CT molecular complexity index is 928. The van der Waals surface area contributed by atoms with E-state index in [1.54, 1.807) is 12.1 Å². The first-order valence-corrected chi connectivity index (χ1v) is 8.65. The molecule has 140 valence electrons. The van der Waals surface area contributed by atoms with Crippen LogP contribution in [-0.2, 0) is 26.4 Å². The second kappa shape index (κ2) is 5.66. The fraction of sp³-hybridized carbons (Fsp3) is 0.368. The summed E-state index contributed by atoms with van der Waals surface area (Å²) in [6, 6.07) is 10.00. The van der Waals surface area contributed by atoms with Gasteiger partial charge in [0.05, 0.1) is 18.1 Å². The van der Waals surface area contributed by atoms with Crippen LogP contribution in [0.3, 0.4) is 0 Å². The summed E-state index contributed by atoms with van der Waals surface area (Å²) in [4.78, 5) is 10.6. The summed E-state index contributed by atoms with van der Waals surface area (Å²) in [5.41, 5.74) is 2.42. The van der Waals surface area contributed by atoms with Crippen molar-refractivity contribution < 1.29 is 28.6 Å². The van der Waals surface area contributed by atoms with Gasteiger partial charge < -0.3 is 23.7 Å². The summed E-state index contributed by atoms with van der Waals surface area (Å²) in [5, 5.41) is 11.0. The number of benzene rings is 2. The third-order valence-corrected chi connectivity index (χ3v) is 5.08. The first-order chi connectivity index (χ1) is 13.0. The van der Waals surface area contributed by atoms with Gasteiger partial charge in [0.15, 0.2) is 17.3 Å². The lowest BCUT2D eigenvalue weighted by molar-refractivity contribution is -0.385. The molecular weight excluding hydrogens is 354 g/mol. The number of non-ortho nitro benzene ring substituents is 1. The lowest BCUT2D eigenvalue weighted by Gasteiger charge is -2.44. The van der Waals surface area contributed by atoms with Gasteiger partial charge in [-0.15, -0.1) is 0 Å². The Morgan fingerprint density at radius 2 is 1.74 bits per heavy atom. The summed E-state index contributed by atoms with van der Waals surface area (Å²) in [5.74, 6) is -0.834. The molecule has 1 fully saturated rings. The number of fused-ring (bicyclic) bond motifs is 5. The highest BCUT2D eigenvalue weighted by Gasteiger charge is 2.52. The van der Waals surface area contributed by atoms with Crippen molar-refractivity contribution in [1.82, 2.24) is 0 Å². The van der Waals surface area contributed by atoms with Gasteiger partial charge in [0.25, 0.3) is 5.69 Å². The molecule has 3 aliphatic heterocycles. The molecule has 2 atom stereocenters. The first-order valence-electron chi connectivity index (χ1n) is 8.65. The zero-order chi connectivity index (χ0) is 18.6. The molecule has 0 unspecified atom stereocenters. The molecule has 3 aliphatic rings. The Kier molecular flexibility index (Phi) is 3.45. The molecule has 8 heteroatoms. The van der Waals surface area contributed by atoms with E-state index in [2.05, 4.69) is 0 Å². The first kappa shape index (κ1) is 16.5. The second-order valence-corrected chi connectivity index (χ2v) is 6.89. The van der Waals surface area contributed by atoms with Crippen molar-refractivity contribution in [2.75, 3.05) is 20.0 Å². The zero-order valence-electron chi connectivity index (χ0n) is 14.6. The predicted octanol–water partition coefficient (Wildman–Crippen LogP) is 2.86. The van der Waals surface area contributed by atoms with Crippen LogP contribution in [0.2, 0.25) is 0 Å². The van der Waals surface area contributed by atoms with E-state index in [0.29, 0.717) is 36.7 Å². The fourth-order valence-corrected chi connectivity index (χ4v) is 3.91. The molecule has 0 saturated carbocycles. The van der Waals surface area contributed by atoms with E-state index in [0.717, 1.165) is 11.1 Å². The van der Waals surface area contributed by atoms with Gasteiger partial charge >= 0.3 is 0 Å². The molecule has 0 amide bonds. The lowest BCUT2D eigenvalue weighted by Crippen LogP contribution is -2.48. The number of hydrogen-bond acceptors (Lipinski definition) is 7. The normalized spacial score (nSPS) is 28.3. The van der Waals surface area contributed by atoms with Crippen LogP contribution < -0.4 is 9.47 Å². The van der Waals surface area contributed by atoms with Crippen LogP contribution >= 0.6 is 0 Å². The van der Waals surface area contributed by atoms with Gasteiger partial charge in [0, 0.05) is 29.7 Å². The SMILES string of the molecule is C[C@]12Cc3cc4c(cc3[C@](c3ccc([N+](=O)[O-])cc3)(OCCO1)O2)OCO4. The Labute approximate surface area is 154 Å². The Morgan fingerprint density at radius 3 is 2.48 bits per heavy atom. The second-order valence-electron chi connectivity index (χ2n) is 6.89. The standard InChI is InChI=1S/C19H17NO7/c1-18-10-12-8-16-17(24-11-23-16)9-15(12)19(27-18,26-7-6-25-18)13-2-4-14(5-3-13)20(21)22/h2-5,8-9H,6-7,10-11H2,1H3/t18-,19+/m0/s1. The van der Waals surface area contributed by atoms with E-state index in [9.17, 15) is 10.1 Å². The van der Waals surface area contributed by atoms with Crippen molar-refractivity contribution in [3.8, 4) is 11.5 Å². The van der Waals surface area contributed by atoms with Crippen LogP contribution in [0, 0.1) is 10.1 Å². The predicted molar refractivity (Wildman–Crippen MR) is 91.5 cm³/mol. The van der Waals surface area contributed by atoms with Gasteiger partial charge in [0.1, 0.15) is 0 Å². The van der Waals surface area contributed by atoms with Crippen LogP contribution in [0.25, 0.3) is 0 Å². The molecule has 1 saturated heterocycles. The molecule has 3 heterocycles. The number of hydrogen-bond donors (Lipinski definition) is 0. The monoisotopic (exact) mass is 371 g/mol. The lowest BCUT2D eigenvalue weighted by atomic mass is 9.86. The van der Waals surface area contributed by atoms with E-state index < -0.39 is 16.5 Å². The van der Waals surface area contributed by atoms with Gasteiger partial charge in [0.2, 0.25) is 12.6 Å². The maximum atomic E-state index is 11.0. The number of nitro benzene ring substituents is 1. The third-order valence-electron chi connectivity index (χ3n) is 5.08. The van der Waals surface area contributed by atoms with Crippen molar-refractivity contribution in [3.63, 3.8) is 0 Å². The van der Waals surface area contributed by atoms with Crippen molar-refractivity contribution >= 4 is 5.69 Å². The van der Waals surface area contributed by atoms with Gasteiger partial charge in [-0.25, -0.2) is 0 Å². The quantitative estimate of drug-likeness (QED) is 0.592. The minimum Gasteiger partial charge on any atom is -0.454 e. The molecule has 0 N–H and O–H groups in total. The van der Waals surface area contributed by atoms with Crippen LogP contribution in [0.5, 0.6) is 11.5 Å². The minimum atomic E-state index is -1.24. The van der Waals surface area contributed by atoms with E-state index in [1.807, 2.05) is 19.1 Å². The molecule has 0 spiro atoms. The summed E-state index contributed by atoms with van der Waals surface area (Å²) >= 11 is 0. The topological polar surface area (TPSA) is 89.3 Å². The largest absolute Gasteiger partial charge is 0.454 e. The molecule has 0 aromatic heterocycles. The van der Waals surface area contributed by atoms with Crippen LogP contribution in [0.1, 0.15) is 23.6 Å². The molecular formula is C19H17NO7. The molecule has 5 rings (SSSR count). The fourth-order valence-electron chi connectivity index (χ4n) is 3.91. The maximum Gasteiger partial charge on any atom is 0.269 e. The highest BCUT2D eigenvalue weighted by Crippen LogP contribution is 2.50. The maximum absolute atomic E-state index is 11.0. The highest BCUT2D eigenvalue weighted by atomic mass is 16.8. The summed E-state index contributed by atoms with van der Waals surface area (Å²) in [6.07, 6.45) is 0.525. The zero-order valence-corrected chi connectivity index (χ0v) is 14.6. The number of nitro groups is 1. The molecule has 0 aliphatic carbocycles. The highest BCUT2D eigenvalue weighted by molar-refractivity contribution is 5.54. The Balaban J connectivity index is 1.72. The van der Waals surface area contributed by atoms with Crippen molar-refractivity contribution in [1.29, 1.82) is 0 Å². The molecule has 2 aromatic carbocycles. The Hall–Kier alpha value is -2.68. The molecule has 0 radical (unpaired) electrons. The molecule has 8 nitrogen and oxygen atoms in total. The molecule has 2 aromatic rings. The number of ether oxygens (including phenoxy) is 5. The average Bonchev–Trinajstić information content (AvgIpc) is 3.05. The van der Waals surface area contributed by atoms with Crippen molar-refractivity contribution in [2.45, 2.75) is 24.9 Å².